The first-order chi connectivity index (χ1) is 40.2. The molecule has 1 aliphatic carbocycles. The van der Waals surface area contributed by atoms with Crippen LogP contribution in [-0.2, 0) is 5.41 Å². The van der Waals surface area contributed by atoms with Crippen molar-refractivity contribution in [2.75, 3.05) is 0 Å². The molecule has 0 radical (unpaired) electrons. The number of hydrogen-bond acceptors (Lipinski definition) is 0. The zero-order valence-electron chi connectivity index (χ0n) is 44.4. The van der Waals surface area contributed by atoms with Crippen LogP contribution in [0.1, 0.15) is 22.3 Å². The summed E-state index contributed by atoms with van der Waals surface area (Å²) in [4.78, 5) is 0. The van der Waals surface area contributed by atoms with Crippen molar-refractivity contribution in [2.24, 2.45) is 0 Å². The topological polar surface area (TPSA) is 9.86 Å². The van der Waals surface area contributed by atoms with E-state index in [0.29, 0.717) is 0 Å². The second-order valence-electron chi connectivity index (χ2n) is 21.6. The molecule has 16 rings (SSSR count). The van der Waals surface area contributed by atoms with E-state index in [2.05, 4.69) is 325 Å². The zero-order valence-corrected chi connectivity index (χ0v) is 44.4. The van der Waals surface area contributed by atoms with E-state index in [1.807, 2.05) is 0 Å². The van der Waals surface area contributed by atoms with Gasteiger partial charge in [0.05, 0.1) is 27.5 Å². The Balaban J connectivity index is 0.729. The number of benzene rings is 13. The summed E-state index contributed by atoms with van der Waals surface area (Å²) in [6, 6.07) is 117. The van der Waals surface area contributed by atoms with Gasteiger partial charge in [0.2, 0.25) is 0 Å². The first-order valence-corrected chi connectivity index (χ1v) is 28.1. The van der Waals surface area contributed by atoms with Gasteiger partial charge in [-0.15, -0.1) is 0 Å². The Hall–Kier alpha value is -10.5. The van der Waals surface area contributed by atoms with Gasteiger partial charge in [-0.1, -0.05) is 237 Å². The standard InChI is InChI=1S/C79H52N2/c1-3-18-53(19-4-1)57-20-15-21-58(48-57)60-23-17-25-64(50-60)79(73-32-11-7-28-67(73)68-29-8-12-33-74(68)79)63-24-16-22-59(49-63)56-38-36-54(37-39-56)55-40-44-66(45-41-55)81-76-35-14-10-31-70(76)72-52-62(43-47-78(72)81)61-42-46-77-71(51-61)69-30-9-13-34-75(69)80(77)65-26-5-2-6-27-65/h1-52H. The number of fused-ring (bicyclic) bond motifs is 9. The summed E-state index contributed by atoms with van der Waals surface area (Å²) in [5.41, 5.74) is 26.2. The Morgan fingerprint density at radius 1 is 0.198 bits per heavy atom. The molecule has 0 N–H and O–H groups in total. The molecule has 0 saturated carbocycles. The highest BCUT2D eigenvalue weighted by atomic mass is 15.0. The van der Waals surface area contributed by atoms with Crippen LogP contribution in [0.2, 0.25) is 0 Å². The number of aromatic nitrogens is 2. The molecule has 2 heteroatoms. The van der Waals surface area contributed by atoms with Crippen molar-refractivity contribution < 1.29 is 0 Å². The number of nitrogens with zero attached hydrogens (tertiary/aromatic N) is 2. The predicted molar refractivity (Wildman–Crippen MR) is 340 cm³/mol. The minimum absolute atomic E-state index is 0.544. The number of rotatable bonds is 9. The largest absolute Gasteiger partial charge is 0.309 e. The monoisotopic (exact) mass is 1030 g/mol. The maximum absolute atomic E-state index is 2.43. The van der Waals surface area contributed by atoms with Crippen LogP contribution in [0.15, 0.2) is 315 Å². The fourth-order valence-electron chi connectivity index (χ4n) is 13.5. The van der Waals surface area contributed by atoms with E-state index in [0.717, 1.165) is 5.69 Å². The molecule has 0 bridgehead atoms. The molecule has 0 aliphatic heterocycles. The molecule has 13 aromatic carbocycles. The summed E-state index contributed by atoms with van der Waals surface area (Å²) in [5, 5.41) is 4.99. The van der Waals surface area contributed by atoms with Crippen LogP contribution in [-0.4, -0.2) is 9.13 Å². The molecule has 2 nitrogen and oxygen atoms in total. The van der Waals surface area contributed by atoms with Gasteiger partial charge in [0.15, 0.2) is 0 Å². The predicted octanol–water partition coefficient (Wildman–Crippen LogP) is 20.6. The zero-order chi connectivity index (χ0) is 53.4. The molecule has 81 heavy (non-hydrogen) atoms. The highest BCUT2D eigenvalue weighted by Crippen LogP contribution is 2.57. The van der Waals surface area contributed by atoms with Gasteiger partial charge in [-0.3, -0.25) is 0 Å². The molecule has 1 aliphatic rings. The normalized spacial score (nSPS) is 12.5. The van der Waals surface area contributed by atoms with Gasteiger partial charge in [0.1, 0.15) is 0 Å². The number of para-hydroxylation sites is 3. The van der Waals surface area contributed by atoms with Gasteiger partial charge in [-0.25, -0.2) is 0 Å². The van der Waals surface area contributed by atoms with E-state index < -0.39 is 5.41 Å². The van der Waals surface area contributed by atoms with E-state index in [1.54, 1.807) is 0 Å². The molecule has 0 amide bonds. The van der Waals surface area contributed by atoms with Crippen molar-refractivity contribution in [1.29, 1.82) is 0 Å². The Morgan fingerprint density at radius 2 is 0.531 bits per heavy atom. The molecule has 0 saturated heterocycles. The molecule has 15 aromatic rings. The average Bonchev–Trinajstić information content (AvgIpc) is 3.59. The smallest absolute Gasteiger partial charge is 0.0713 e. The highest BCUT2D eigenvalue weighted by Gasteiger charge is 2.46. The first kappa shape index (κ1) is 46.5. The summed E-state index contributed by atoms with van der Waals surface area (Å²) < 4.78 is 4.79. The van der Waals surface area contributed by atoms with Gasteiger partial charge in [-0.05, 0) is 168 Å². The van der Waals surface area contributed by atoms with Crippen LogP contribution in [0, 0.1) is 0 Å². The van der Waals surface area contributed by atoms with E-state index in [4.69, 9.17) is 0 Å². The lowest BCUT2D eigenvalue weighted by Gasteiger charge is -2.34. The number of hydrogen-bond donors (Lipinski definition) is 0. The minimum atomic E-state index is -0.544. The van der Waals surface area contributed by atoms with Crippen molar-refractivity contribution in [3.63, 3.8) is 0 Å². The van der Waals surface area contributed by atoms with E-state index in [1.165, 1.54) is 138 Å². The Bertz CT molecular complexity index is 4860. The summed E-state index contributed by atoms with van der Waals surface area (Å²) in [7, 11) is 0. The third-order valence-electron chi connectivity index (χ3n) is 17.2. The molecule has 2 heterocycles. The SMILES string of the molecule is c1ccc(-c2cccc(-c3cccc(C4(c5cccc(-c6ccc(-c7ccc(-n8c9ccccc9c9cc(-c%10ccc%11c(c%10)c%10ccccc%10n%11-c%10ccccc%10)ccc98)cc7)cc6)c5)c5ccccc5-c5ccccc54)c3)c2)cc1. The third-order valence-corrected chi connectivity index (χ3v) is 17.2. The molecular weight excluding hydrogens is 977 g/mol. The van der Waals surface area contributed by atoms with Gasteiger partial charge >= 0.3 is 0 Å². The van der Waals surface area contributed by atoms with Crippen molar-refractivity contribution in [3.8, 4) is 78.1 Å². The summed E-state index contributed by atoms with van der Waals surface area (Å²) in [5.74, 6) is 0. The van der Waals surface area contributed by atoms with Crippen LogP contribution in [0.4, 0.5) is 0 Å². The maximum Gasteiger partial charge on any atom is 0.0713 e. The lowest BCUT2D eigenvalue weighted by atomic mass is 9.67. The minimum Gasteiger partial charge on any atom is -0.309 e. The van der Waals surface area contributed by atoms with Crippen LogP contribution < -0.4 is 0 Å². The van der Waals surface area contributed by atoms with Crippen molar-refractivity contribution >= 4 is 43.6 Å². The van der Waals surface area contributed by atoms with Crippen LogP contribution >= 0.6 is 0 Å². The second kappa shape index (κ2) is 18.8. The highest BCUT2D eigenvalue weighted by molar-refractivity contribution is 6.13. The molecular formula is C79H52N2. The average molecular weight is 1030 g/mol. The molecule has 0 spiro atoms. The lowest BCUT2D eigenvalue weighted by molar-refractivity contribution is 0.769. The van der Waals surface area contributed by atoms with E-state index in [-0.39, 0.29) is 0 Å². The van der Waals surface area contributed by atoms with Gasteiger partial charge in [-0.2, -0.15) is 0 Å². The maximum atomic E-state index is 2.43. The van der Waals surface area contributed by atoms with Crippen LogP contribution in [0.3, 0.4) is 0 Å². The lowest BCUT2D eigenvalue weighted by Crippen LogP contribution is -2.28. The fourth-order valence-corrected chi connectivity index (χ4v) is 13.5. The molecule has 378 valence electrons. The van der Waals surface area contributed by atoms with Crippen molar-refractivity contribution in [3.05, 3.63) is 338 Å². The summed E-state index contributed by atoms with van der Waals surface area (Å²) in [6.45, 7) is 0. The Kier molecular flexibility index (Phi) is 10.8. The third kappa shape index (κ3) is 7.49. The Labute approximate surface area is 471 Å². The fraction of sp³-hybridized carbons (Fsp3) is 0.0127. The molecule has 2 aromatic heterocycles. The Morgan fingerprint density at radius 3 is 1.07 bits per heavy atom. The van der Waals surface area contributed by atoms with Crippen molar-refractivity contribution in [1.82, 2.24) is 9.13 Å². The molecule has 0 fully saturated rings. The van der Waals surface area contributed by atoms with Gasteiger partial charge < -0.3 is 9.13 Å². The van der Waals surface area contributed by atoms with E-state index in [9.17, 15) is 0 Å². The van der Waals surface area contributed by atoms with Crippen molar-refractivity contribution in [2.45, 2.75) is 5.41 Å². The summed E-state index contributed by atoms with van der Waals surface area (Å²) in [6.07, 6.45) is 0. The second-order valence-corrected chi connectivity index (χ2v) is 21.6. The molecule has 0 atom stereocenters. The van der Waals surface area contributed by atoms with Crippen LogP contribution in [0.5, 0.6) is 0 Å². The van der Waals surface area contributed by atoms with Gasteiger partial charge in [0, 0.05) is 32.9 Å². The quantitative estimate of drug-likeness (QED) is 0.136. The van der Waals surface area contributed by atoms with E-state index >= 15 is 0 Å². The molecule has 0 unspecified atom stereocenters. The van der Waals surface area contributed by atoms with Crippen LogP contribution in [0.25, 0.3) is 122 Å². The van der Waals surface area contributed by atoms with Gasteiger partial charge in [0.25, 0.3) is 0 Å². The summed E-state index contributed by atoms with van der Waals surface area (Å²) >= 11 is 0. The first-order valence-electron chi connectivity index (χ1n) is 28.1.